The largest absolute Gasteiger partial charge is 0.397 e. The second-order valence-corrected chi connectivity index (χ2v) is 3.95. The number of H-pyrrole nitrogens is 1. The van der Waals surface area contributed by atoms with Gasteiger partial charge in [-0.2, -0.15) is 0 Å². The van der Waals surface area contributed by atoms with Crippen LogP contribution in [0.2, 0.25) is 0 Å². The third kappa shape index (κ3) is 2.16. The summed E-state index contributed by atoms with van der Waals surface area (Å²) in [6, 6.07) is 6.05. The Morgan fingerprint density at radius 1 is 1.50 bits per heavy atom. The summed E-state index contributed by atoms with van der Waals surface area (Å²) in [6.45, 7) is 2.80. The molecular weight excluding hydrogens is 200 g/mol. The highest BCUT2D eigenvalue weighted by molar-refractivity contribution is 5.51. The van der Waals surface area contributed by atoms with E-state index in [-0.39, 0.29) is 0 Å². The van der Waals surface area contributed by atoms with Crippen molar-refractivity contribution in [1.29, 1.82) is 0 Å². The van der Waals surface area contributed by atoms with Crippen molar-refractivity contribution in [3.05, 3.63) is 41.9 Å². The van der Waals surface area contributed by atoms with Gasteiger partial charge in [-0.1, -0.05) is 0 Å². The monoisotopic (exact) mass is 216 g/mol. The van der Waals surface area contributed by atoms with Gasteiger partial charge < -0.3 is 15.6 Å². The van der Waals surface area contributed by atoms with Crippen LogP contribution in [0.1, 0.15) is 11.3 Å². The second kappa shape index (κ2) is 4.26. The van der Waals surface area contributed by atoms with E-state index in [2.05, 4.69) is 20.9 Å². The number of rotatable bonds is 3. The molecule has 0 aliphatic carbocycles. The molecule has 4 heteroatoms. The first-order valence-electron chi connectivity index (χ1n) is 5.22. The van der Waals surface area contributed by atoms with E-state index >= 15 is 0 Å². The van der Waals surface area contributed by atoms with E-state index in [4.69, 9.17) is 5.73 Å². The van der Waals surface area contributed by atoms with Crippen molar-refractivity contribution < 1.29 is 0 Å². The van der Waals surface area contributed by atoms with E-state index in [1.165, 1.54) is 5.69 Å². The van der Waals surface area contributed by atoms with Gasteiger partial charge in [-0.15, -0.1) is 0 Å². The van der Waals surface area contributed by atoms with E-state index in [1.54, 1.807) is 6.20 Å². The Morgan fingerprint density at radius 2 is 2.31 bits per heavy atom. The molecule has 2 aromatic rings. The Labute approximate surface area is 95.1 Å². The van der Waals surface area contributed by atoms with Crippen LogP contribution >= 0.6 is 0 Å². The van der Waals surface area contributed by atoms with Crippen LogP contribution in [0.5, 0.6) is 0 Å². The summed E-state index contributed by atoms with van der Waals surface area (Å²) in [7, 11) is 2.01. The van der Waals surface area contributed by atoms with Crippen LogP contribution in [0.15, 0.2) is 30.6 Å². The maximum Gasteiger partial charge on any atom is 0.128 e. The fraction of sp³-hybridized carbons (Fsp3) is 0.250. The number of pyridine rings is 1. The Balaban J connectivity index is 2.14. The van der Waals surface area contributed by atoms with Crippen LogP contribution < -0.4 is 10.6 Å². The maximum atomic E-state index is 5.74. The number of anilines is 2. The topological polar surface area (TPSA) is 57.9 Å². The second-order valence-electron chi connectivity index (χ2n) is 3.95. The fourth-order valence-corrected chi connectivity index (χ4v) is 1.56. The number of nitrogens with one attached hydrogen (secondary N) is 1. The molecule has 3 N–H and O–H groups in total. The molecule has 0 fully saturated rings. The predicted molar refractivity (Wildman–Crippen MR) is 66.3 cm³/mol. The van der Waals surface area contributed by atoms with Crippen LogP contribution in [0.3, 0.4) is 0 Å². The highest BCUT2D eigenvalue weighted by Gasteiger charge is 2.05. The smallest absolute Gasteiger partial charge is 0.128 e. The van der Waals surface area contributed by atoms with Gasteiger partial charge in [0.1, 0.15) is 5.82 Å². The summed E-state index contributed by atoms with van der Waals surface area (Å²) in [5, 5.41) is 0. The Bertz CT molecular complexity index is 462. The zero-order valence-corrected chi connectivity index (χ0v) is 9.57. The molecular formula is C12H16N4. The molecule has 0 amide bonds. The summed E-state index contributed by atoms with van der Waals surface area (Å²) >= 11 is 0. The molecule has 0 saturated carbocycles. The van der Waals surface area contributed by atoms with Gasteiger partial charge in [0, 0.05) is 18.9 Å². The summed E-state index contributed by atoms with van der Waals surface area (Å²) in [6.07, 6.45) is 3.63. The lowest BCUT2D eigenvalue weighted by molar-refractivity contribution is 0.873. The molecule has 0 atom stereocenters. The van der Waals surface area contributed by atoms with Gasteiger partial charge in [-0.05, 0) is 30.7 Å². The Kier molecular flexibility index (Phi) is 2.81. The van der Waals surface area contributed by atoms with Gasteiger partial charge >= 0.3 is 0 Å². The lowest BCUT2D eigenvalue weighted by atomic mass is 10.2. The Morgan fingerprint density at radius 3 is 2.94 bits per heavy atom. The number of aromatic nitrogens is 2. The van der Waals surface area contributed by atoms with Gasteiger partial charge in [0.05, 0.1) is 18.4 Å². The molecule has 2 rings (SSSR count). The van der Waals surface area contributed by atoms with Crippen molar-refractivity contribution >= 4 is 11.5 Å². The molecule has 0 bridgehead atoms. The number of nitrogens with zero attached hydrogens (tertiary/aromatic N) is 2. The molecule has 2 aromatic heterocycles. The van der Waals surface area contributed by atoms with Gasteiger partial charge in [-0.25, -0.2) is 4.98 Å². The van der Waals surface area contributed by atoms with Crippen molar-refractivity contribution in [1.82, 2.24) is 9.97 Å². The van der Waals surface area contributed by atoms with Crippen molar-refractivity contribution in [3.8, 4) is 0 Å². The zero-order valence-electron chi connectivity index (χ0n) is 9.57. The molecule has 0 radical (unpaired) electrons. The fourth-order valence-electron chi connectivity index (χ4n) is 1.56. The van der Waals surface area contributed by atoms with Crippen molar-refractivity contribution in [2.45, 2.75) is 13.5 Å². The quantitative estimate of drug-likeness (QED) is 0.824. The lowest BCUT2D eigenvalue weighted by Crippen LogP contribution is -2.18. The highest BCUT2D eigenvalue weighted by Crippen LogP contribution is 2.17. The molecule has 16 heavy (non-hydrogen) atoms. The molecule has 0 aliphatic rings. The predicted octanol–water partition coefficient (Wildman–Crippen LogP) is 1.94. The molecule has 84 valence electrons. The molecule has 2 heterocycles. The average molecular weight is 216 g/mol. The Hall–Kier alpha value is -1.97. The number of aromatic amines is 1. The van der Waals surface area contributed by atoms with E-state index in [9.17, 15) is 0 Å². The number of aryl methyl sites for hydroxylation is 1. The molecule has 0 aliphatic heterocycles. The third-order valence-corrected chi connectivity index (χ3v) is 2.60. The van der Waals surface area contributed by atoms with E-state index in [0.717, 1.165) is 23.6 Å². The van der Waals surface area contributed by atoms with E-state index < -0.39 is 0 Å². The van der Waals surface area contributed by atoms with Crippen molar-refractivity contribution in [2.24, 2.45) is 0 Å². The van der Waals surface area contributed by atoms with Crippen LogP contribution in [-0.2, 0) is 6.54 Å². The SMILES string of the molecule is Cc1cc(N(C)Cc2ccc[nH]2)ncc1N. The molecule has 0 saturated heterocycles. The summed E-state index contributed by atoms with van der Waals surface area (Å²) < 4.78 is 0. The van der Waals surface area contributed by atoms with Gasteiger partial charge in [0.25, 0.3) is 0 Å². The molecule has 0 aromatic carbocycles. The number of hydrogen-bond acceptors (Lipinski definition) is 3. The van der Waals surface area contributed by atoms with E-state index in [1.807, 2.05) is 32.3 Å². The minimum atomic E-state index is 0.733. The van der Waals surface area contributed by atoms with Crippen LogP contribution in [0, 0.1) is 6.92 Å². The van der Waals surface area contributed by atoms with E-state index in [0.29, 0.717) is 0 Å². The van der Waals surface area contributed by atoms with Crippen LogP contribution in [0.4, 0.5) is 11.5 Å². The first kappa shape index (κ1) is 10.5. The van der Waals surface area contributed by atoms with Crippen molar-refractivity contribution in [3.63, 3.8) is 0 Å². The standard InChI is InChI=1S/C12H16N4/c1-9-6-12(15-7-11(9)13)16(2)8-10-4-3-5-14-10/h3-7,14H,8,13H2,1-2H3. The van der Waals surface area contributed by atoms with Gasteiger partial charge in [0.15, 0.2) is 0 Å². The van der Waals surface area contributed by atoms with Gasteiger partial charge in [-0.3, -0.25) is 0 Å². The molecule has 0 unspecified atom stereocenters. The molecule has 4 nitrogen and oxygen atoms in total. The molecule has 0 spiro atoms. The highest BCUT2D eigenvalue weighted by atomic mass is 15.2. The average Bonchev–Trinajstić information content (AvgIpc) is 2.74. The first-order chi connectivity index (χ1) is 7.66. The summed E-state index contributed by atoms with van der Waals surface area (Å²) in [5.41, 5.74) is 8.70. The normalized spacial score (nSPS) is 10.4. The third-order valence-electron chi connectivity index (χ3n) is 2.60. The van der Waals surface area contributed by atoms with Crippen LogP contribution in [-0.4, -0.2) is 17.0 Å². The lowest BCUT2D eigenvalue weighted by Gasteiger charge is -2.18. The number of hydrogen-bond donors (Lipinski definition) is 2. The van der Waals surface area contributed by atoms with Crippen LogP contribution in [0.25, 0.3) is 0 Å². The zero-order chi connectivity index (χ0) is 11.5. The summed E-state index contributed by atoms with van der Waals surface area (Å²) in [4.78, 5) is 9.56. The van der Waals surface area contributed by atoms with Gasteiger partial charge in [0.2, 0.25) is 0 Å². The minimum Gasteiger partial charge on any atom is -0.397 e. The summed E-state index contributed by atoms with van der Waals surface area (Å²) in [5.74, 6) is 0.932. The number of nitrogen functional groups attached to an aromatic ring is 1. The maximum absolute atomic E-state index is 5.74. The minimum absolute atomic E-state index is 0.733. The van der Waals surface area contributed by atoms with Crippen molar-refractivity contribution in [2.75, 3.05) is 17.7 Å². The number of nitrogens with two attached hydrogens (primary N) is 1. The first-order valence-corrected chi connectivity index (χ1v) is 5.22.